The van der Waals surface area contributed by atoms with E-state index in [9.17, 15) is 8.42 Å². The zero-order valence-electron chi connectivity index (χ0n) is 15.0. The SMILES string of the molecule is CCNC(=NCC1CCN(S(C)(=O)=O)CC1)NC(C)C(C)C.I. The predicted octanol–water partition coefficient (Wildman–Crippen LogP) is 1.88. The molecule has 0 aromatic rings. The van der Waals surface area contributed by atoms with Gasteiger partial charge in [0.1, 0.15) is 0 Å². The molecule has 138 valence electrons. The predicted molar refractivity (Wildman–Crippen MR) is 108 cm³/mol. The standard InChI is InChI=1S/C15H32N4O2S.HI/c1-6-16-15(18-13(4)12(2)3)17-11-14-7-9-19(10-8-14)22(5,20)21;/h12-14H,6-11H2,1-5H3,(H2,16,17,18);1H. The van der Waals surface area contributed by atoms with Crippen molar-refractivity contribution in [1.82, 2.24) is 14.9 Å². The topological polar surface area (TPSA) is 73.8 Å². The normalized spacial score (nSPS) is 19.3. The summed E-state index contributed by atoms with van der Waals surface area (Å²) in [4.78, 5) is 4.67. The van der Waals surface area contributed by atoms with E-state index in [4.69, 9.17) is 0 Å². The molecular weight excluding hydrogens is 427 g/mol. The maximum absolute atomic E-state index is 11.5. The highest BCUT2D eigenvalue weighted by molar-refractivity contribution is 14.0. The van der Waals surface area contributed by atoms with Gasteiger partial charge in [-0.2, -0.15) is 0 Å². The lowest BCUT2D eigenvalue weighted by Gasteiger charge is -2.29. The first-order chi connectivity index (χ1) is 10.2. The molecule has 2 N–H and O–H groups in total. The number of aliphatic imine (C=N–C) groups is 1. The van der Waals surface area contributed by atoms with Crippen molar-refractivity contribution in [3.63, 3.8) is 0 Å². The van der Waals surface area contributed by atoms with Crippen LogP contribution >= 0.6 is 24.0 Å². The number of sulfonamides is 1. The van der Waals surface area contributed by atoms with Crippen molar-refractivity contribution in [2.45, 2.75) is 46.6 Å². The first-order valence-corrected chi connectivity index (χ1v) is 10.1. The van der Waals surface area contributed by atoms with Crippen LogP contribution in [0.5, 0.6) is 0 Å². The van der Waals surface area contributed by atoms with E-state index in [1.807, 2.05) is 0 Å². The summed E-state index contributed by atoms with van der Waals surface area (Å²) in [5.41, 5.74) is 0. The molecule has 1 aliphatic heterocycles. The number of halogens is 1. The van der Waals surface area contributed by atoms with Gasteiger partial charge in [-0.15, -0.1) is 24.0 Å². The van der Waals surface area contributed by atoms with Crippen LogP contribution in [0.4, 0.5) is 0 Å². The smallest absolute Gasteiger partial charge is 0.211 e. The minimum absolute atomic E-state index is 0. The van der Waals surface area contributed by atoms with Crippen LogP contribution in [0.25, 0.3) is 0 Å². The monoisotopic (exact) mass is 460 g/mol. The van der Waals surface area contributed by atoms with Crippen molar-refractivity contribution in [3.8, 4) is 0 Å². The molecule has 0 aliphatic carbocycles. The molecule has 1 fully saturated rings. The molecule has 1 saturated heterocycles. The molecule has 23 heavy (non-hydrogen) atoms. The maximum Gasteiger partial charge on any atom is 0.211 e. The summed E-state index contributed by atoms with van der Waals surface area (Å²) in [6.07, 6.45) is 3.05. The Kier molecular flexibility index (Phi) is 10.7. The Hall–Kier alpha value is -0.0900. The summed E-state index contributed by atoms with van der Waals surface area (Å²) < 4.78 is 24.6. The number of rotatable bonds is 6. The lowest BCUT2D eigenvalue weighted by molar-refractivity contribution is 0.280. The summed E-state index contributed by atoms with van der Waals surface area (Å²) in [6.45, 7) is 11.4. The number of piperidine rings is 1. The Labute approximate surface area is 159 Å². The first-order valence-electron chi connectivity index (χ1n) is 8.24. The molecule has 0 amide bonds. The number of hydrogen-bond acceptors (Lipinski definition) is 3. The Morgan fingerprint density at radius 2 is 1.83 bits per heavy atom. The number of nitrogens with zero attached hydrogens (tertiary/aromatic N) is 2. The fourth-order valence-electron chi connectivity index (χ4n) is 2.35. The third-order valence-corrected chi connectivity index (χ3v) is 5.56. The molecule has 1 aliphatic rings. The minimum Gasteiger partial charge on any atom is -0.357 e. The third-order valence-electron chi connectivity index (χ3n) is 4.26. The highest BCUT2D eigenvalue weighted by atomic mass is 127. The molecule has 0 saturated carbocycles. The van der Waals surface area contributed by atoms with E-state index < -0.39 is 10.0 Å². The lowest BCUT2D eigenvalue weighted by atomic mass is 9.98. The zero-order valence-corrected chi connectivity index (χ0v) is 18.1. The molecule has 0 bridgehead atoms. The van der Waals surface area contributed by atoms with Gasteiger partial charge >= 0.3 is 0 Å². The van der Waals surface area contributed by atoms with Gasteiger partial charge in [0.15, 0.2) is 5.96 Å². The van der Waals surface area contributed by atoms with Gasteiger partial charge < -0.3 is 10.6 Å². The van der Waals surface area contributed by atoms with Gasteiger partial charge in [0.2, 0.25) is 10.0 Å². The van der Waals surface area contributed by atoms with Gasteiger partial charge in [0.25, 0.3) is 0 Å². The molecular formula is C15H33IN4O2S. The van der Waals surface area contributed by atoms with Crippen LogP contribution in [-0.2, 0) is 10.0 Å². The molecule has 0 aromatic heterocycles. The highest BCUT2D eigenvalue weighted by Crippen LogP contribution is 2.19. The molecule has 1 atom stereocenters. The second-order valence-corrected chi connectivity index (χ2v) is 8.48. The van der Waals surface area contributed by atoms with E-state index in [1.165, 1.54) is 6.26 Å². The fraction of sp³-hybridized carbons (Fsp3) is 0.933. The maximum atomic E-state index is 11.5. The van der Waals surface area contributed by atoms with Gasteiger partial charge in [-0.05, 0) is 38.5 Å². The summed E-state index contributed by atoms with van der Waals surface area (Å²) in [5.74, 6) is 1.86. The molecule has 0 spiro atoms. The molecule has 1 unspecified atom stereocenters. The molecule has 8 heteroatoms. The number of guanidine groups is 1. The van der Waals surface area contributed by atoms with E-state index in [-0.39, 0.29) is 24.0 Å². The van der Waals surface area contributed by atoms with Crippen LogP contribution < -0.4 is 10.6 Å². The van der Waals surface area contributed by atoms with Crippen LogP contribution in [0.3, 0.4) is 0 Å². The highest BCUT2D eigenvalue weighted by Gasteiger charge is 2.24. The van der Waals surface area contributed by atoms with E-state index in [0.717, 1.165) is 31.9 Å². The summed E-state index contributed by atoms with van der Waals surface area (Å²) in [6, 6.07) is 0.366. The molecule has 1 heterocycles. The second kappa shape index (κ2) is 10.7. The Morgan fingerprint density at radius 3 is 2.26 bits per heavy atom. The van der Waals surface area contributed by atoms with Gasteiger partial charge in [-0.3, -0.25) is 4.99 Å². The van der Waals surface area contributed by atoms with Crippen molar-refractivity contribution < 1.29 is 8.42 Å². The zero-order chi connectivity index (χ0) is 16.8. The fourth-order valence-corrected chi connectivity index (χ4v) is 3.22. The van der Waals surface area contributed by atoms with Crippen LogP contribution in [0.2, 0.25) is 0 Å². The second-order valence-electron chi connectivity index (χ2n) is 6.50. The van der Waals surface area contributed by atoms with Crippen molar-refractivity contribution in [2.75, 3.05) is 32.4 Å². The van der Waals surface area contributed by atoms with Crippen molar-refractivity contribution in [1.29, 1.82) is 0 Å². The van der Waals surface area contributed by atoms with Crippen LogP contribution in [-0.4, -0.2) is 57.2 Å². The lowest BCUT2D eigenvalue weighted by Crippen LogP contribution is -2.44. The Morgan fingerprint density at radius 1 is 1.26 bits per heavy atom. The van der Waals surface area contributed by atoms with Gasteiger partial charge in [-0.25, -0.2) is 12.7 Å². The van der Waals surface area contributed by atoms with Crippen molar-refractivity contribution in [2.24, 2.45) is 16.8 Å². The summed E-state index contributed by atoms with van der Waals surface area (Å²) >= 11 is 0. The van der Waals surface area contributed by atoms with Gasteiger partial charge in [0.05, 0.1) is 6.26 Å². The van der Waals surface area contributed by atoms with E-state index in [0.29, 0.717) is 31.0 Å². The van der Waals surface area contributed by atoms with Crippen LogP contribution in [0.1, 0.15) is 40.5 Å². The Bertz CT molecular complexity index is 460. The molecule has 6 nitrogen and oxygen atoms in total. The van der Waals surface area contributed by atoms with E-state index >= 15 is 0 Å². The average Bonchev–Trinajstić information content (AvgIpc) is 2.44. The number of hydrogen-bond donors (Lipinski definition) is 2. The molecule has 0 radical (unpaired) electrons. The van der Waals surface area contributed by atoms with E-state index in [1.54, 1.807) is 4.31 Å². The van der Waals surface area contributed by atoms with Gasteiger partial charge in [0, 0.05) is 32.2 Å². The summed E-state index contributed by atoms with van der Waals surface area (Å²) in [5, 5.41) is 6.70. The average molecular weight is 460 g/mol. The largest absolute Gasteiger partial charge is 0.357 e. The Balaban J connectivity index is 0.00000484. The molecule has 1 rings (SSSR count). The van der Waals surface area contributed by atoms with Crippen LogP contribution in [0.15, 0.2) is 4.99 Å². The summed E-state index contributed by atoms with van der Waals surface area (Å²) in [7, 11) is -3.04. The van der Waals surface area contributed by atoms with Crippen molar-refractivity contribution in [3.05, 3.63) is 0 Å². The number of nitrogens with one attached hydrogen (secondary N) is 2. The first kappa shape index (κ1) is 22.9. The van der Waals surface area contributed by atoms with Gasteiger partial charge in [-0.1, -0.05) is 13.8 Å². The minimum atomic E-state index is -3.04. The van der Waals surface area contributed by atoms with E-state index in [2.05, 4.69) is 43.3 Å². The van der Waals surface area contributed by atoms with Crippen LogP contribution in [0, 0.1) is 11.8 Å². The quantitative estimate of drug-likeness (QED) is 0.361. The van der Waals surface area contributed by atoms with Crippen molar-refractivity contribution >= 4 is 40.0 Å². The molecule has 0 aromatic carbocycles. The third kappa shape index (κ3) is 8.53.